The van der Waals surface area contributed by atoms with Crippen molar-refractivity contribution in [2.45, 2.75) is 50.7 Å². The van der Waals surface area contributed by atoms with Crippen LogP contribution in [-0.2, 0) is 14.3 Å². The van der Waals surface area contributed by atoms with Crippen molar-refractivity contribution in [2.24, 2.45) is 0 Å². The topological polar surface area (TPSA) is 117 Å². The van der Waals surface area contributed by atoms with Crippen molar-refractivity contribution in [3.63, 3.8) is 0 Å². The van der Waals surface area contributed by atoms with Crippen LogP contribution < -0.4 is 16.0 Å². The smallest absolute Gasteiger partial charge is 0.264 e. The third kappa shape index (κ3) is 4.62. The van der Waals surface area contributed by atoms with Crippen molar-refractivity contribution in [2.75, 3.05) is 31.6 Å². The van der Waals surface area contributed by atoms with Gasteiger partial charge in [0.2, 0.25) is 11.8 Å². The number of anilines is 1. The summed E-state index contributed by atoms with van der Waals surface area (Å²) in [4.78, 5) is 50.5. The quantitative estimate of drug-likeness (QED) is 0.419. The molecule has 3 aliphatic rings. The minimum atomic E-state index is -0.954. The van der Waals surface area contributed by atoms with Gasteiger partial charge in [0.15, 0.2) is 0 Å². The maximum Gasteiger partial charge on any atom is 0.264 e. The highest BCUT2D eigenvalue weighted by Gasteiger charge is 2.45. The lowest BCUT2D eigenvalue weighted by Gasteiger charge is -2.27. The zero-order chi connectivity index (χ0) is 21.8. The standard InChI is InChI=1S/C22H28N4O5/c27-18-7-6-17(20(28)25-18)26-21(29)15-4-3-5-16(19(15)22(26)30)24-10-1-2-13-31-14-8-11-23-12-9-14/h3-5,14,17,23-24H,1-2,6-13H2,(H,25,27,28). The van der Waals surface area contributed by atoms with E-state index in [-0.39, 0.29) is 24.3 Å². The molecule has 0 saturated carbocycles. The number of carbonyl (C=O) groups is 4. The molecule has 2 saturated heterocycles. The van der Waals surface area contributed by atoms with E-state index in [2.05, 4.69) is 16.0 Å². The summed E-state index contributed by atoms with van der Waals surface area (Å²) in [7, 11) is 0. The number of carbonyl (C=O) groups excluding carboxylic acids is 4. The molecule has 4 rings (SSSR count). The first-order chi connectivity index (χ1) is 15.1. The third-order valence-electron chi connectivity index (χ3n) is 5.99. The van der Waals surface area contributed by atoms with Crippen LogP contribution in [0.4, 0.5) is 5.69 Å². The number of benzene rings is 1. The van der Waals surface area contributed by atoms with E-state index >= 15 is 0 Å². The van der Waals surface area contributed by atoms with Gasteiger partial charge in [-0.3, -0.25) is 29.4 Å². The number of hydrogen-bond donors (Lipinski definition) is 3. The van der Waals surface area contributed by atoms with Crippen LogP contribution >= 0.6 is 0 Å². The summed E-state index contributed by atoms with van der Waals surface area (Å²) in [5, 5.41) is 8.78. The summed E-state index contributed by atoms with van der Waals surface area (Å²) in [6, 6.07) is 4.13. The number of nitrogens with zero attached hydrogens (tertiary/aromatic N) is 1. The van der Waals surface area contributed by atoms with Gasteiger partial charge in [-0.1, -0.05) is 6.07 Å². The maximum atomic E-state index is 13.0. The van der Waals surface area contributed by atoms with Gasteiger partial charge in [-0.15, -0.1) is 0 Å². The molecule has 0 aromatic heterocycles. The maximum absolute atomic E-state index is 13.0. The molecule has 31 heavy (non-hydrogen) atoms. The molecule has 4 amide bonds. The van der Waals surface area contributed by atoms with Crippen LogP contribution in [0.5, 0.6) is 0 Å². The second-order valence-corrected chi connectivity index (χ2v) is 8.13. The highest BCUT2D eigenvalue weighted by atomic mass is 16.5. The van der Waals surface area contributed by atoms with Crippen LogP contribution in [-0.4, -0.2) is 66.9 Å². The number of hydrogen-bond acceptors (Lipinski definition) is 7. The number of rotatable bonds is 8. The second kappa shape index (κ2) is 9.57. The average molecular weight is 428 g/mol. The Morgan fingerprint density at radius 3 is 2.61 bits per heavy atom. The lowest BCUT2D eigenvalue weighted by atomic mass is 10.0. The van der Waals surface area contributed by atoms with E-state index in [1.165, 1.54) is 0 Å². The summed E-state index contributed by atoms with van der Waals surface area (Å²) >= 11 is 0. The molecule has 1 atom stereocenters. The Balaban J connectivity index is 1.33. The van der Waals surface area contributed by atoms with Crippen molar-refractivity contribution in [1.29, 1.82) is 0 Å². The fourth-order valence-electron chi connectivity index (χ4n) is 4.32. The summed E-state index contributed by atoms with van der Waals surface area (Å²) in [5.41, 5.74) is 1.17. The van der Waals surface area contributed by atoms with E-state index in [1.54, 1.807) is 18.2 Å². The fourth-order valence-corrected chi connectivity index (χ4v) is 4.32. The predicted octanol–water partition coefficient (Wildman–Crippen LogP) is 1.05. The van der Waals surface area contributed by atoms with E-state index in [9.17, 15) is 19.2 Å². The molecule has 0 bridgehead atoms. The van der Waals surface area contributed by atoms with Crippen LogP contribution in [0.25, 0.3) is 0 Å². The van der Waals surface area contributed by atoms with Crippen molar-refractivity contribution < 1.29 is 23.9 Å². The molecule has 0 spiro atoms. The molecular formula is C22H28N4O5. The molecule has 2 fully saturated rings. The molecule has 3 aliphatic heterocycles. The monoisotopic (exact) mass is 428 g/mol. The highest BCUT2D eigenvalue weighted by Crippen LogP contribution is 2.32. The number of unbranched alkanes of at least 4 members (excludes halogenated alkanes) is 1. The summed E-state index contributed by atoms with van der Waals surface area (Å²) in [6.45, 7) is 3.37. The van der Waals surface area contributed by atoms with Crippen LogP contribution in [0.2, 0.25) is 0 Å². The lowest BCUT2D eigenvalue weighted by Crippen LogP contribution is -2.54. The molecule has 0 radical (unpaired) electrons. The van der Waals surface area contributed by atoms with Crippen LogP contribution in [0.3, 0.4) is 0 Å². The minimum absolute atomic E-state index is 0.106. The van der Waals surface area contributed by atoms with E-state index in [0.29, 0.717) is 30.5 Å². The molecule has 1 aromatic rings. The first kappa shape index (κ1) is 21.5. The third-order valence-corrected chi connectivity index (χ3v) is 5.99. The molecule has 166 valence electrons. The molecule has 1 unspecified atom stereocenters. The highest BCUT2D eigenvalue weighted by molar-refractivity contribution is 6.25. The minimum Gasteiger partial charge on any atom is -0.384 e. The predicted molar refractivity (Wildman–Crippen MR) is 113 cm³/mol. The summed E-state index contributed by atoms with van der Waals surface area (Å²) in [5.74, 6) is -1.97. The van der Waals surface area contributed by atoms with Gasteiger partial charge in [-0.05, 0) is 57.3 Å². The lowest BCUT2D eigenvalue weighted by molar-refractivity contribution is -0.136. The Hall–Kier alpha value is -2.78. The van der Waals surface area contributed by atoms with Gasteiger partial charge in [0.25, 0.3) is 11.8 Å². The van der Waals surface area contributed by atoms with Gasteiger partial charge in [0.05, 0.1) is 17.2 Å². The molecular weight excluding hydrogens is 400 g/mol. The van der Waals surface area contributed by atoms with Crippen LogP contribution in [0, 0.1) is 0 Å². The number of amides is 4. The zero-order valence-corrected chi connectivity index (χ0v) is 17.4. The Labute approximate surface area is 180 Å². The molecule has 9 nitrogen and oxygen atoms in total. The summed E-state index contributed by atoms with van der Waals surface area (Å²) in [6.07, 6.45) is 4.47. The Bertz CT molecular complexity index is 881. The first-order valence-corrected chi connectivity index (χ1v) is 11.0. The van der Waals surface area contributed by atoms with Crippen molar-refractivity contribution in [3.05, 3.63) is 29.3 Å². The fraction of sp³-hybridized carbons (Fsp3) is 0.545. The van der Waals surface area contributed by atoms with Gasteiger partial charge in [-0.25, -0.2) is 0 Å². The SMILES string of the molecule is O=C1CCC(N2C(=O)c3cccc(NCCCCOC4CCNCC4)c3C2=O)C(=O)N1. The Morgan fingerprint density at radius 1 is 1.03 bits per heavy atom. The largest absolute Gasteiger partial charge is 0.384 e. The van der Waals surface area contributed by atoms with E-state index < -0.39 is 23.8 Å². The van der Waals surface area contributed by atoms with E-state index in [0.717, 1.165) is 43.7 Å². The van der Waals surface area contributed by atoms with E-state index in [1.807, 2.05) is 0 Å². The summed E-state index contributed by atoms with van der Waals surface area (Å²) < 4.78 is 5.90. The van der Waals surface area contributed by atoms with Crippen LogP contribution in [0.1, 0.15) is 59.2 Å². The van der Waals surface area contributed by atoms with Gasteiger partial charge in [0, 0.05) is 25.3 Å². The molecule has 3 heterocycles. The zero-order valence-electron chi connectivity index (χ0n) is 17.4. The Kier molecular flexibility index (Phi) is 6.62. The van der Waals surface area contributed by atoms with E-state index in [4.69, 9.17) is 4.74 Å². The van der Waals surface area contributed by atoms with Gasteiger partial charge in [-0.2, -0.15) is 0 Å². The average Bonchev–Trinajstić information content (AvgIpc) is 3.02. The molecule has 9 heteroatoms. The van der Waals surface area contributed by atoms with Gasteiger partial charge in [0.1, 0.15) is 6.04 Å². The normalized spacial score (nSPS) is 21.9. The first-order valence-electron chi connectivity index (χ1n) is 11.0. The van der Waals surface area contributed by atoms with Gasteiger partial charge < -0.3 is 15.4 Å². The number of imide groups is 2. The molecule has 1 aromatic carbocycles. The molecule has 0 aliphatic carbocycles. The molecule has 3 N–H and O–H groups in total. The Morgan fingerprint density at radius 2 is 1.84 bits per heavy atom. The number of ether oxygens (including phenoxy) is 1. The second-order valence-electron chi connectivity index (χ2n) is 8.13. The number of piperidine rings is 2. The van der Waals surface area contributed by atoms with Gasteiger partial charge >= 0.3 is 0 Å². The van der Waals surface area contributed by atoms with Crippen molar-refractivity contribution in [3.8, 4) is 0 Å². The van der Waals surface area contributed by atoms with Crippen molar-refractivity contribution >= 4 is 29.3 Å². The number of nitrogens with one attached hydrogen (secondary N) is 3. The van der Waals surface area contributed by atoms with Crippen LogP contribution in [0.15, 0.2) is 18.2 Å². The number of fused-ring (bicyclic) bond motifs is 1. The van der Waals surface area contributed by atoms with Crippen molar-refractivity contribution in [1.82, 2.24) is 15.5 Å².